The summed E-state index contributed by atoms with van der Waals surface area (Å²) < 4.78 is 5.37. The summed E-state index contributed by atoms with van der Waals surface area (Å²) in [5.74, 6) is -0.425. The number of hydrogen-bond donors (Lipinski definition) is 3. The molecule has 0 spiro atoms. The summed E-state index contributed by atoms with van der Waals surface area (Å²) >= 11 is 0. The van der Waals surface area contributed by atoms with Crippen molar-refractivity contribution in [3.05, 3.63) is 53.7 Å². The third-order valence-corrected chi connectivity index (χ3v) is 4.57. The van der Waals surface area contributed by atoms with E-state index >= 15 is 0 Å². The van der Waals surface area contributed by atoms with Gasteiger partial charge in [-0.25, -0.2) is 0 Å². The van der Waals surface area contributed by atoms with Crippen molar-refractivity contribution >= 4 is 34.1 Å². The first kappa shape index (κ1) is 17.2. The van der Waals surface area contributed by atoms with Crippen LogP contribution in [0.3, 0.4) is 0 Å². The Labute approximate surface area is 156 Å². The molecular weight excluding hydrogens is 344 g/mol. The van der Waals surface area contributed by atoms with Gasteiger partial charge in [0.2, 0.25) is 0 Å². The van der Waals surface area contributed by atoms with Crippen molar-refractivity contribution in [1.82, 2.24) is 10.2 Å². The van der Waals surface area contributed by atoms with E-state index in [-0.39, 0.29) is 17.9 Å². The lowest BCUT2D eigenvalue weighted by atomic mass is 10.1. The number of aromatic amines is 1. The van der Waals surface area contributed by atoms with Gasteiger partial charge in [-0.15, -0.1) is 0 Å². The molecule has 0 radical (unpaired) electrons. The second-order valence-corrected chi connectivity index (χ2v) is 6.64. The van der Waals surface area contributed by atoms with Crippen LogP contribution in [-0.2, 0) is 9.53 Å². The maximum Gasteiger partial charge on any atom is 0.276 e. The van der Waals surface area contributed by atoms with Crippen molar-refractivity contribution in [2.45, 2.75) is 25.9 Å². The minimum Gasteiger partial charge on any atom is -0.368 e. The molecule has 27 heavy (non-hydrogen) atoms. The van der Waals surface area contributed by atoms with E-state index < -0.39 is 0 Å². The molecule has 1 aromatic heterocycles. The Kier molecular flexibility index (Phi) is 4.60. The monoisotopic (exact) mass is 364 g/mol. The number of ether oxygens (including phenoxy) is 1. The van der Waals surface area contributed by atoms with Gasteiger partial charge in [0.25, 0.3) is 11.8 Å². The van der Waals surface area contributed by atoms with Gasteiger partial charge in [0.15, 0.2) is 5.69 Å². The van der Waals surface area contributed by atoms with Crippen LogP contribution in [0.25, 0.3) is 10.9 Å². The standard InChI is InChI=1S/C20H20N4O3/c1-12-4-9-16-15(11-12)18(24-23-16)20(26)22-14-7-5-13(6-8-14)21-19(25)17-3-2-10-27-17/h4-9,11,17H,2-3,10H2,1H3,(H,21,25)(H,22,26)(H,23,24). The molecule has 2 heterocycles. The van der Waals surface area contributed by atoms with Crippen LogP contribution in [0.2, 0.25) is 0 Å². The average molecular weight is 364 g/mol. The van der Waals surface area contributed by atoms with E-state index in [0.29, 0.717) is 23.7 Å². The summed E-state index contributed by atoms with van der Waals surface area (Å²) in [6.07, 6.45) is 1.28. The molecule has 3 N–H and O–H groups in total. The number of rotatable bonds is 4. The summed E-state index contributed by atoms with van der Waals surface area (Å²) in [6.45, 7) is 2.60. The third-order valence-electron chi connectivity index (χ3n) is 4.57. The highest BCUT2D eigenvalue weighted by Gasteiger charge is 2.23. The Hall–Kier alpha value is -3.19. The predicted octanol–water partition coefficient (Wildman–Crippen LogP) is 3.24. The fourth-order valence-corrected chi connectivity index (χ4v) is 3.14. The zero-order valence-corrected chi connectivity index (χ0v) is 14.9. The molecule has 2 aromatic carbocycles. The van der Waals surface area contributed by atoms with Gasteiger partial charge in [0.05, 0.1) is 5.52 Å². The Morgan fingerprint density at radius 2 is 1.85 bits per heavy atom. The Bertz CT molecular complexity index is 988. The number of nitrogens with zero attached hydrogens (tertiary/aromatic N) is 1. The molecule has 0 aliphatic carbocycles. The van der Waals surface area contributed by atoms with E-state index in [0.717, 1.165) is 29.3 Å². The maximum absolute atomic E-state index is 12.6. The number of amides is 2. The lowest BCUT2D eigenvalue weighted by molar-refractivity contribution is -0.124. The number of carbonyl (C=O) groups is 2. The Balaban J connectivity index is 1.43. The van der Waals surface area contributed by atoms with Crippen molar-refractivity contribution in [2.24, 2.45) is 0 Å². The molecule has 138 valence electrons. The number of aryl methyl sites for hydroxylation is 1. The summed E-state index contributed by atoms with van der Waals surface area (Å²) in [7, 11) is 0. The second kappa shape index (κ2) is 7.20. The minimum absolute atomic E-state index is 0.136. The molecule has 1 aliphatic heterocycles. The number of nitrogens with one attached hydrogen (secondary N) is 3. The largest absolute Gasteiger partial charge is 0.368 e. The van der Waals surface area contributed by atoms with E-state index in [1.165, 1.54) is 0 Å². The molecule has 2 amide bonds. The van der Waals surface area contributed by atoms with Crippen molar-refractivity contribution < 1.29 is 14.3 Å². The first-order chi connectivity index (χ1) is 13.1. The minimum atomic E-state index is -0.374. The van der Waals surface area contributed by atoms with E-state index in [1.807, 2.05) is 25.1 Å². The van der Waals surface area contributed by atoms with Crippen molar-refractivity contribution in [2.75, 3.05) is 17.2 Å². The molecule has 1 fully saturated rings. The van der Waals surface area contributed by atoms with Gasteiger partial charge in [-0.05, 0) is 56.2 Å². The molecule has 0 bridgehead atoms. The molecule has 7 nitrogen and oxygen atoms in total. The highest BCUT2D eigenvalue weighted by Crippen LogP contribution is 2.20. The Morgan fingerprint density at radius 1 is 1.11 bits per heavy atom. The lowest BCUT2D eigenvalue weighted by Crippen LogP contribution is -2.26. The molecule has 1 atom stereocenters. The maximum atomic E-state index is 12.6. The third kappa shape index (κ3) is 3.68. The lowest BCUT2D eigenvalue weighted by Gasteiger charge is -2.11. The van der Waals surface area contributed by atoms with Crippen LogP contribution in [0.4, 0.5) is 11.4 Å². The number of hydrogen-bond acceptors (Lipinski definition) is 4. The van der Waals surface area contributed by atoms with E-state index in [4.69, 9.17) is 4.74 Å². The zero-order chi connectivity index (χ0) is 18.8. The SMILES string of the molecule is Cc1ccc2[nH]nc(C(=O)Nc3ccc(NC(=O)C4CCCO4)cc3)c2c1. The fourth-order valence-electron chi connectivity index (χ4n) is 3.14. The number of carbonyl (C=O) groups excluding carboxylic acids is 2. The number of benzene rings is 2. The first-order valence-corrected chi connectivity index (χ1v) is 8.89. The van der Waals surface area contributed by atoms with Crippen LogP contribution in [0.1, 0.15) is 28.9 Å². The number of fused-ring (bicyclic) bond motifs is 1. The summed E-state index contributed by atoms with van der Waals surface area (Å²) in [4.78, 5) is 24.6. The summed E-state index contributed by atoms with van der Waals surface area (Å²) in [6, 6.07) is 12.8. The van der Waals surface area contributed by atoms with Gasteiger partial charge in [0, 0.05) is 23.4 Å². The smallest absolute Gasteiger partial charge is 0.276 e. The zero-order valence-electron chi connectivity index (χ0n) is 14.9. The second-order valence-electron chi connectivity index (χ2n) is 6.64. The van der Waals surface area contributed by atoms with Crippen LogP contribution in [0, 0.1) is 6.92 Å². The van der Waals surface area contributed by atoms with Gasteiger partial charge in [-0.1, -0.05) is 11.6 Å². The van der Waals surface area contributed by atoms with Crippen LogP contribution >= 0.6 is 0 Å². The van der Waals surface area contributed by atoms with E-state index in [1.54, 1.807) is 24.3 Å². The van der Waals surface area contributed by atoms with Crippen LogP contribution in [0.5, 0.6) is 0 Å². The quantitative estimate of drug-likeness (QED) is 0.662. The molecule has 1 saturated heterocycles. The van der Waals surface area contributed by atoms with Gasteiger partial charge in [-0.3, -0.25) is 14.7 Å². The molecule has 7 heteroatoms. The topological polar surface area (TPSA) is 96.1 Å². The normalized spacial score (nSPS) is 16.4. The molecule has 3 aromatic rings. The van der Waals surface area contributed by atoms with Crippen molar-refractivity contribution in [3.63, 3.8) is 0 Å². The van der Waals surface area contributed by atoms with Gasteiger partial charge < -0.3 is 15.4 Å². The molecule has 1 aliphatic rings. The van der Waals surface area contributed by atoms with Gasteiger partial charge >= 0.3 is 0 Å². The molecule has 0 saturated carbocycles. The number of aromatic nitrogens is 2. The molecule has 4 rings (SSSR count). The summed E-state index contributed by atoms with van der Waals surface area (Å²) in [5, 5.41) is 13.4. The highest BCUT2D eigenvalue weighted by atomic mass is 16.5. The first-order valence-electron chi connectivity index (χ1n) is 8.89. The van der Waals surface area contributed by atoms with Crippen LogP contribution < -0.4 is 10.6 Å². The van der Waals surface area contributed by atoms with Crippen LogP contribution in [0.15, 0.2) is 42.5 Å². The number of anilines is 2. The molecular formula is C20H20N4O3. The average Bonchev–Trinajstić information content (AvgIpc) is 3.32. The number of H-pyrrole nitrogens is 1. The Morgan fingerprint density at radius 3 is 2.56 bits per heavy atom. The van der Waals surface area contributed by atoms with Crippen molar-refractivity contribution in [1.29, 1.82) is 0 Å². The predicted molar refractivity (Wildman–Crippen MR) is 103 cm³/mol. The summed E-state index contributed by atoms with van der Waals surface area (Å²) in [5.41, 5.74) is 3.51. The van der Waals surface area contributed by atoms with E-state index in [2.05, 4.69) is 20.8 Å². The van der Waals surface area contributed by atoms with Gasteiger partial charge in [-0.2, -0.15) is 5.10 Å². The van der Waals surface area contributed by atoms with Gasteiger partial charge in [0.1, 0.15) is 6.10 Å². The van der Waals surface area contributed by atoms with Crippen molar-refractivity contribution in [3.8, 4) is 0 Å². The highest BCUT2D eigenvalue weighted by molar-refractivity contribution is 6.11. The fraction of sp³-hybridized carbons (Fsp3) is 0.250. The van der Waals surface area contributed by atoms with E-state index in [9.17, 15) is 9.59 Å². The van der Waals surface area contributed by atoms with Crippen LogP contribution in [-0.4, -0.2) is 34.7 Å². The molecule has 1 unspecified atom stereocenters.